The fourth-order valence-electron chi connectivity index (χ4n) is 1.98. The van der Waals surface area contributed by atoms with Crippen molar-refractivity contribution in [2.24, 2.45) is 0 Å². The fourth-order valence-corrected chi connectivity index (χ4v) is 1.98. The molecule has 1 heterocycles. The van der Waals surface area contributed by atoms with E-state index in [4.69, 9.17) is 4.42 Å². The van der Waals surface area contributed by atoms with Crippen molar-refractivity contribution in [3.63, 3.8) is 0 Å². The van der Waals surface area contributed by atoms with Crippen LogP contribution in [0.1, 0.15) is 38.0 Å². The number of nitrogens with zero attached hydrogens (tertiary/aromatic N) is 2. The lowest BCUT2D eigenvalue weighted by molar-refractivity contribution is 0.465. The molecule has 1 aromatic heterocycles. The van der Waals surface area contributed by atoms with E-state index in [1.54, 1.807) is 0 Å². The summed E-state index contributed by atoms with van der Waals surface area (Å²) in [4.78, 5) is 0. The van der Waals surface area contributed by atoms with Crippen LogP contribution < -0.4 is 5.32 Å². The third kappa shape index (κ3) is 2.80. The maximum atomic E-state index is 5.06. The van der Waals surface area contributed by atoms with Gasteiger partial charge in [0, 0.05) is 12.5 Å². The Kier molecular flexibility index (Phi) is 3.51. The van der Waals surface area contributed by atoms with Crippen molar-refractivity contribution in [3.8, 4) is 0 Å². The second kappa shape index (κ2) is 5.10. The highest BCUT2D eigenvalue weighted by molar-refractivity contribution is 4.76. The van der Waals surface area contributed by atoms with Crippen molar-refractivity contribution in [1.29, 1.82) is 0 Å². The third-order valence-electron chi connectivity index (χ3n) is 2.76. The largest absolute Gasteiger partial charge is 0.428 e. The predicted molar refractivity (Wildman–Crippen MR) is 52.9 cm³/mol. The highest BCUT2D eigenvalue weighted by Gasteiger charge is 2.13. The molecule has 1 aliphatic rings. The molecular formula is C10H17N3O. The quantitative estimate of drug-likeness (QED) is 0.724. The Labute approximate surface area is 84.1 Å². The lowest BCUT2D eigenvalue weighted by Crippen LogP contribution is -2.27. The number of hydrogen-bond acceptors (Lipinski definition) is 4. The zero-order valence-electron chi connectivity index (χ0n) is 8.41. The normalized spacial score (nSPS) is 17.7. The molecule has 0 atom stereocenters. The van der Waals surface area contributed by atoms with Gasteiger partial charge in [-0.25, -0.2) is 0 Å². The summed E-state index contributed by atoms with van der Waals surface area (Å²) < 4.78 is 5.06. The number of nitrogens with one attached hydrogen (secondary N) is 1. The smallest absolute Gasteiger partial charge is 0.216 e. The van der Waals surface area contributed by atoms with E-state index < -0.39 is 0 Å². The summed E-state index contributed by atoms with van der Waals surface area (Å²) in [6, 6.07) is 0.762. The Morgan fingerprint density at radius 3 is 3.00 bits per heavy atom. The molecule has 0 unspecified atom stereocenters. The van der Waals surface area contributed by atoms with Gasteiger partial charge in [0.15, 0.2) is 0 Å². The van der Waals surface area contributed by atoms with Crippen LogP contribution in [0.3, 0.4) is 0 Å². The van der Waals surface area contributed by atoms with Crippen LogP contribution in [0.4, 0.5) is 0 Å². The van der Waals surface area contributed by atoms with Crippen LogP contribution >= 0.6 is 0 Å². The molecule has 0 bridgehead atoms. The first kappa shape index (κ1) is 9.65. The summed E-state index contributed by atoms with van der Waals surface area (Å²) >= 11 is 0. The van der Waals surface area contributed by atoms with E-state index in [2.05, 4.69) is 15.5 Å². The van der Waals surface area contributed by atoms with Gasteiger partial charge in [0.2, 0.25) is 12.3 Å². The van der Waals surface area contributed by atoms with E-state index in [0.29, 0.717) is 0 Å². The molecule has 0 amide bonds. The maximum Gasteiger partial charge on any atom is 0.216 e. The Hall–Kier alpha value is -0.900. The first-order valence-corrected chi connectivity index (χ1v) is 5.43. The number of aromatic nitrogens is 2. The van der Waals surface area contributed by atoms with E-state index >= 15 is 0 Å². The van der Waals surface area contributed by atoms with Gasteiger partial charge in [-0.3, -0.25) is 0 Å². The summed E-state index contributed by atoms with van der Waals surface area (Å²) in [5.41, 5.74) is 0. The Balaban J connectivity index is 1.55. The van der Waals surface area contributed by atoms with E-state index in [9.17, 15) is 0 Å². The second-order valence-corrected chi connectivity index (χ2v) is 3.87. The van der Waals surface area contributed by atoms with Crippen molar-refractivity contribution in [2.45, 2.75) is 44.6 Å². The first-order chi connectivity index (χ1) is 6.95. The summed E-state index contributed by atoms with van der Waals surface area (Å²) in [7, 11) is 0. The van der Waals surface area contributed by atoms with Crippen LogP contribution in [0.2, 0.25) is 0 Å². The minimum Gasteiger partial charge on any atom is -0.428 e. The molecule has 1 aliphatic carbocycles. The summed E-state index contributed by atoms with van der Waals surface area (Å²) in [5.74, 6) is 0.748. The van der Waals surface area contributed by atoms with Gasteiger partial charge in [-0.1, -0.05) is 12.8 Å². The molecule has 78 valence electrons. The Morgan fingerprint density at radius 2 is 2.29 bits per heavy atom. The molecule has 0 saturated heterocycles. The fraction of sp³-hybridized carbons (Fsp3) is 0.800. The van der Waals surface area contributed by atoms with Gasteiger partial charge in [0.1, 0.15) is 0 Å². The van der Waals surface area contributed by atoms with Crippen LogP contribution in [-0.2, 0) is 6.42 Å². The van der Waals surface area contributed by atoms with Gasteiger partial charge in [0.05, 0.1) is 0 Å². The van der Waals surface area contributed by atoms with Crippen LogP contribution in [0, 0.1) is 0 Å². The van der Waals surface area contributed by atoms with Crippen molar-refractivity contribution in [1.82, 2.24) is 15.5 Å². The molecule has 4 heteroatoms. The van der Waals surface area contributed by atoms with Crippen molar-refractivity contribution in [2.75, 3.05) is 6.54 Å². The first-order valence-electron chi connectivity index (χ1n) is 5.43. The molecule has 1 N–H and O–H groups in total. The van der Waals surface area contributed by atoms with Gasteiger partial charge >= 0.3 is 0 Å². The van der Waals surface area contributed by atoms with Gasteiger partial charge in [-0.2, -0.15) is 0 Å². The standard InChI is InChI=1S/C10H17N3O/c1-2-5-9(4-1)11-7-3-6-10-13-12-8-14-10/h8-9,11H,1-7H2. The third-order valence-corrected chi connectivity index (χ3v) is 2.76. The average molecular weight is 195 g/mol. The number of rotatable bonds is 5. The highest BCUT2D eigenvalue weighted by Crippen LogP contribution is 2.17. The lowest BCUT2D eigenvalue weighted by atomic mass is 10.2. The van der Waals surface area contributed by atoms with Crippen LogP contribution in [0.5, 0.6) is 0 Å². The van der Waals surface area contributed by atoms with E-state index in [-0.39, 0.29) is 0 Å². The molecule has 1 saturated carbocycles. The Morgan fingerprint density at radius 1 is 1.43 bits per heavy atom. The lowest BCUT2D eigenvalue weighted by Gasteiger charge is -2.10. The SMILES string of the molecule is c1nnc(CCCNC2CCCC2)o1. The minimum absolute atomic E-state index is 0.748. The van der Waals surface area contributed by atoms with Crippen molar-refractivity contribution >= 4 is 0 Å². The van der Waals surface area contributed by atoms with E-state index in [0.717, 1.165) is 31.3 Å². The van der Waals surface area contributed by atoms with Crippen molar-refractivity contribution in [3.05, 3.63) is 12.3 Å². The summed E-state index contributed by atoms with van der Waals surface area (Å²) in [5, 5.41) is 11.0. The predicted octanol–water partition coefficient (Wildman–Crippen LogP) is 1.53. The zero-order valence-corrected chi connectivity index (χ0v) is 8.41. The molecule has 0 radical (unpaired) electrons. The van der Waals surface area contributed by atoms with Crippen molar-refractivity contribution < 1.29 is 4.42 Å². The molecule has 1 fully saturated rings. The van der Waals surface area contributed by atoms with Gasteiger partial charge in [0.25, 0.3) is 0 Å². The number of aryl methyl sites for hydroxylation is 1. The van der Waals surface area contributed by atoms with Gasteiger partial charge in [-0.05, 0) is 25.8 Å². The van der Waals surface area contributed by atoms with E-state index in [1.165, 1.54) is 32.1 Å². The molecule has 0 aliphatic heterocycles. The molecule has 4 nitrogen and oxygen atoms in total. The summed E-state index contributed by atoms with van der Waals surface area (Å²) in [6.45, 7) is 1.06. The molecule has 2 rings (SSSR count). The molecule has 0 spiro atoms. The van der Waals surface area contributed by atoms with Crippen LogP contribution in [0.15, 0.2) is 10.8 Å². The Bertz CT molecular complexity index is 242. The molecule has 1 aromatic rings. The minimum atomic E-state index is 0.748. The second-order valence-electron chi connectivity index (χ2n) is 3.87. The monoisotopic (exact) mass is 195 g/mol. The van der Waals surface area contributed by atoms with Crippen LogP contribution in [-0.4, -0.2) is 22.8 Å². The molecular weight excluding hydrogens is 178 g/mol. The molecule has 14 heavy (non-hydrogen) atoms. The topological polar surface area (TPSA) is 51.0 Å². The number of hydrogen-bond donors (Lipinski definition) is 1. The average Bonchev–Trinajstić information content (AvgIpc) is 2.86. The van der Waals surface area contributed by atoms with Gasteiger partial charge < -0.3 is 9.73 Å². The van der Waals surface area contributed by atoms with E-state index in [1.807, 2.05) is 0 Å². The zero-order chi connectivity index (χ0) is 9.64. The highest BCUT2D eigenvalue weighted by atomic mass is 16.4. The van der Waals surface area contributed by atoms with Gasteiger partial charge in [-0.15, -0.1) is 10.2 Å². The van der Waals surface area contributed by atoms with Crippen LogP contribution in [0.25, 0.3) is 0 Å². The molecule has 0 aromatic carbocycles. The summed E-state index contributed by atoms with van der Waals surface area (Å²) in [6.07, 6.45) is 8.84. The maximum absolute atomic E-state index is 5.06.